The summed E-state index contributed by atoms with van der Waals surface area (Å²) in [5, 5.41) is 0.653. The van der Waals surface area contributed by atoms with E-state index in [1.165, 1.54) is 6.08 Å². The molecule has 0 aromatic rings. The summed E-state index contributed by atoms with van der Waals surface area (Å²) in [4.78, 5) is 0. The third-order valence-corrected chi connectivity index (χ3v) is 0.888. The van der Waals surface area contributed by atoms with Crippen molar-refractivity contribution in [3.8, 4) is 0 Å². The van der Waals surface area contributed by atoms with Gasteiger partial charge in [0.2, 0.25) is 0 Å². The van der Waals surface area contributed by atoms with E-state index >= 15 is 0 Å². The maximum atomic E-state index is 9.81. The molecule has 0 aliphatic carbocycles. The van der Waals surface area contributed by atoms with Crippen LogP contribution in [0.25, 0.3) is 0 Å². The summed E-state index contributed by atoms with van der Waals surface area (Å²) in [5.74, 6) is 0. The van der Waals surface area contributed by atoms with Crippen molar-refractivity contribution >= 4 is 10.1 Å². The first-order chi connectivity index (χ1) is 3.56. The van der Waals surface area contributed by atoms with Gasteiger partial charge in [0.1, 0.15) is 0 Å². The molecular weight excluding hydrogens is 151 g/mol. The van der Waals surface area contributed by atoms with Crippen LogP contribution in [0.5, 0.6) is 0 Å². The molecule has 0 radical (unpaired) electrons. The van der Waals surface area contributed by atoms with Crippen molar-refractivity contribution in [3.05, 3.63) is 24.1 Å². The molecule has 48 valence electrons. The van der Waals surface area contributed by atoms with Crippen molar-refractivity contribution in [1.29, 1.82) is 0 Å². The molecule has 0 heterocycles. The molecule has 0 fully saturated rings. The second-order valence-corrected chi connectivity index (χ2v) is 2.38. The number of rotatable bonds is 2. The summed E-state index contributed by atoms with van der Waals surface area (Å²) in [5.41, 5.74) is 0. The third-order valence-electron chi connectivity index (χ3n) is 0.387. The van der Waals surface area contributed by atoms with Crippen molar-refractivity contribution in [2.75, 3.05) is 0 Å². The van der Waals surface area contributed by atoms with E-state index in [9.17, 15) is 8.42 Å². The second kappa shape index (κ2) is 5.20. The normalized spacial score (nSPS) is 10.8. The molecule has 0 aliphatic heterocycles. The van der Waals surface area contributed by atoms with E-state index < -0.39 is 10.1 Å². The Hall–Kier alpha value is 0.390. The first-order valence-corrected chi connectivity index (χ1v) is 3.33. The third kappa shape index (κ3) is 11.8. The van der Waals surface area contributed by atoms with E-state index in [0.717, 1.165) is 6.08 Å². The Balaban J connectivity index is -0.000000245. The van der Waals surface area contributed by atoms with E-state index in [4.69, 9.17) is 4.55 Å². The van der Waals surface area contributed by atoms with Crippen LogP contribution >= 0.6 is 0 Å². The largest absolute Gasteiger partial charge is 1.00 e. The molecule has 0 amide bonds. The van der Waals surface area contributed by atoms with Crippen molar-refractivity contribution in [2.45, 2.75) is 0 Å². The van der Waals surface area contributed by atoms with E-state index in [1.54, 1.807) is 0 Å². The molecule has 0 rings (SSSR count). The van der Waals surface area contributed by atoms with Gasteiger partial charge in [-0.1, -0.05) is 12.7 Å². The number of allylic oxidation sites excluding steroid dienone is 2. The van der Waals surface area contributed by atoms with E-state index in [-0.39, 0.29) is 31.0 Å². The van der Waals surface area contributed by atoms with Gasteiger partial charge in [0, 0.05) is 0 Å². The Morgan fingerprint density at radius 2 is 2.00 bits per heavy atom. The monoisotopic (exact) mass is 158 g/mol. The zero-order chi connectivity index (χ0) is 6.62. The summed E-state index contributed by atoms with van der Waals surface area (Å²) in [6.07, 6.45) is 2.39. The van der Waals surface area contributed by atoms with Crippen LogP contribution in [0.15, 0.2) is 24.1 Å². The fourth-order valence-electron chi connectivity index (χ4n) is 0.155. The topological polar surface area (TPSA) is 54.4 Å². The minimum Gasteiger partial charge on any atom is -1.00 e. The average Bonchev–Trinajstić information content (AvgIpc) is 1.59. The second-order valence-electron chi connectivity index (χ2n) is 1.08. The molecule has 9 heavy (non-hydrogen) atoms. The standard InChI is InChI=1S/C4H6O3S.Na.H/c1-2-3-4-8(5,6)7;;/h2-4H,1H2,(H,5,6,7);;/q;+1;-1. The summed E-state index contributed by atoms with van der Waals surface area (Å²) < 4.78 is 27.6. The van der Waals surface area contributed by atoms with Crippen LogP contribution in [-0.4, -0.2) is 13.0 Å². The first kappa shape index (κ1) is 12.1. The maximum absolute atomic E-state index is 9.81. The van der Waals surface area contributed by atoms with Crippen LogP contribution < -0.4 is 29.6 Å². The fraction of sp³-hybridized carbons (Fsp3) is 0. The van der Waals surface area contributed by atoms with Crippen molar-refractivity contribution in [3.63, 3.8) is 0 Å². The minimum atomic E-state index is -3.94. The molecule has 0 saturated heterocycles. The maximum Gasteiger partial charge on any atom is 1.00 e. The van der Waals surface area contributed by atoms with Crippen molar-refractivity contribution in [1.82, 2.24) is 0 Å². The van der Waals surface area contributed by atoms with Gasteiger partial charge in [-0.05, 0) is 6.08 Å². The van der Waals surface area contributed by atoms with Gasteiger partial charge in [-0.25, -0.2) is 0 Å². The van der Waals surface area contributed by atoms with Gasteiger partial charge in [0.05, 0.1) is 5.41 Å². The van der Waals surface area contributed by atoms with Gasteiger partial charge in [-0.2, -0.15) is 8.42 Å². The predicted octanol–water partition coefficient (Wildman–Crippen LogP) is -2.31. The van der Waals surface area contributed by atoms with Gasteiger partial charge in [-0.15, -0.1) is 0 Å². The molecule has 3 nitrogen and oxygen atoms in total. The fourth-order valence-corrected chi connectivity index (χ4v) is 0.465. The smallest absolute Gasteiger partial charge is 1.00 e. The summed E-state index contributed by atoms with van der Waals surface area (Å²) >= 11 is 0. The van der Waals surface area contributed by atoms with E-state index in [1.807, 2.05) is 0 Å². The molecule has 0 aliphatic rings. The van der Waals surface area contributed by atoms with Gasteiger partial charge in [-0.3, -0.25) is 4.55 Å². The van der Waals surface area contributed by atoms with Crippen molar-refractivity contribution in [2.24, 2.45) is 0 Å². The molecule has 0 aromatic carbocycles. The molecule has 0 unspecified atom stereocenters. The van der Waals surface area contributed by atoms with Crippen LogP contribution in [-0.2, 0) is 10.1 Å². The summed E-state index contributed by atoms with van der Waals surface area (Å²) in [7, 11) is -3.94. The minimum absolute atomic E-state index is 0. The molecule has 5 heteroatoms. The molecule has 0 atom stereocenters. The zero-order valence-corrected chi connectivity index (χ0v) is 7.93. The van der Waals surface area contributed by atoms with Crippen LogP contribution in [0.1, 0.15) is 1.43 Å². The Kier molecular flexibility index (Phi) is 6.99. The van der Waals surface area contributed by atoms with Gasteiger partial charge in [0.25, 0.3) is 10.1 Å². The average molecular weight is 158 g/mol. The molecule has 0 spiro atoms. The van der Waals surface area contributed by atoms with E-state index in [0.29, 0.717) is 5.41 Å². The van der Waals surface area contributed by atoms with Crippen LogP contribution in [0, 0.1) is 0 Å². The van der Waals surface area contributed by atoms with Crippen LogP contribution in [0.3, 0.4) is 0 Å². The Bertz CT molecular complexity index is 197. The SMILES string of the molecule is C=CC=CS(=O)(=O)O.[H-].[Na+]. The number of hydrogen-bond acceptors (Lipinski definition) is 2. The Morgan fingerprint density at radius 3 is 2.11 bits per heavy atom. The molecule has 1 N–H and O–H groups in total. The van der Waals surface area contributed by atoms with Gasteiger partial charge < -0.3 is 1.43 Å². The quantitative estimate of drug-likeness (QED) is 0.279. The predicted molar refractivity (Wildman–Crippen MR) is 32.0 cm³/mol. The zero-order valence-electron chi connectivity index (χ0n) is 6.11. The summed E-state index contributed by atoms with van der Waals surface area (Å²) in [6.45, 7) is 3.20. The Labute approximate surface area is 78.0 Å². The Morgan fingerprint density at radius 1 is 1.56 bits per heavy atom. The number of hydrogen-bond donors (Lipinski definition) is 1. The molecule has 0 bridgehead atoms. The van der Waals surface area contributed by atoms with E-state index in [2.05, 4.69) is 6.58 Å². The van der Waals surface area contributed by atoms with Gasteiger partial charge in [0.15, 0.2) is 0 Å². The summed E-state index contributed by atoms with van der Waals surface area (Å²) in [6, 6.07) is 0. The van der Waals surface area contributed by atoms with Gasteiger partial charge >= 0.3 is 29.6 Å². The molecular formula is C4H7NaO3S. The first-order valence-electron chi connectivity index (χ1n) is 1.83. The van der Waals surface area contributed by atoms with Crippen LogP contribution in [0.4, 0.5) is 0 Å². The van der Waals surface area contributed by atoms with Crippen LogP contribution in [0.2, 0.25) is 0 Å². The van der Waals surface area contributed by atoms with Crippen molar-refractivity contribution < 1.29 is 44.0 Å². The molecule has 0 aromatic heterocycles. The molecule has 0 saturated carbocycles.